The Hall–Kier alpha value is -2.61. The molecule has 1 aliphatic rings. The second kappa shape index (κ2) is 5.95. The smallest absolute Gasteiger partial charge is 0.0433 e. The minimum Gasteiger partial charge on any atom is -0.135 e. The third kappa shape index (κ3) is 2.32. The van der Waals surface area contributed by atoms with Gasteiger partial charge in [0.25, 0.3) is 0 Å². The van der Waals surface area contributed by atoms with Gasteiger partial charge >= 0.3 is 0 Å². The molecule has 5 aromatic rings. The second-order valence-electron chi connectivity index (χ2n) is 8.33. The van der Waals surface area contributed by atoms with Crippen molar-refractivity contribution in [2.75, 3.05) is 0 Å². The van der Waals surface area contributed by atoms with E-state index in [-0.39, 0.29) is 5.41 Å². The molecule has 1 heterocycles. The highest BCUT2D eigenvalue weighted by atomic mass is 35.5. The molecule has 1 aromatic heterocycles. The number of benzene rings is 4. The van der Waals surface area contributed by atoms with Crippen LogP contribution in [0.3, 0.4) is 0 Å². The van der Waals surface area contributed by atoms with Gasteiger partial charge in [-0.25, -0.2) is 0 Å². The average molecular weight is 411 g/mol. The third-order valence-corrected chi connectivity index (χ3v) is 7.75. The Balaban J connectivity index is 1.74. The molecule has 0 fully saturated rings. The number of rotatable bonds is 1. The van der Waals surface area contributed by atoms with Crippen molar-refractivity contribution in [3.05, 3.63) is 95.0 Å². The molecule has 0 amide bonds. The summed E-state index contributed by atoms with van der Waals surface area (Å²) in [5.41, 5.74) is 7.81. The predicted molar refractivity (Wildman–Crippen MR) is 127 cm³/mol. The minimum atomic E-state index is -0.0648. The molecule has 6 rings (SSSR count). The molecular weight excluding hydrogens is 392 g/mol. The Morgan fingerprint density at radius 1 is 0.690 bits per heavy atom. The zero-order valence-electron chi connectivity index (χ0n) is 16.3. The van der Waals surface area contributed by atoms with E-state index in [4.69, 9.17) is 11.6 Å². The molecule has 2 heteroatoms. The summed E-state index contributed by atoms with van der Waals surface area (Å²) in [5.74, 6) is 0. The highest BCUT2D eigenvalue weighted by Crippen LogP contribution is 2.54. The molecule has 0 spiro atoms. The van der Waals surface area contributed by atoms with E-state index in [0.29, 0.717) is 0 Å². The van der Waals surface area contributed by atoms with Crippen molar-refractivity contribution in [2.45, 2.75) is 19.3 Å². The van der Waals surface area contributed by atoms with Crippen LogP contribution in [0.25, 0.3) is 42.4 Å². The normalized spacial score (nSPS) is 14.3. The molecule has 0 radical (unpaired) electrons. The van der Waals surface area contributed by atoms with Crippen molar-refractivity contribution in [1.29, 1.82) is 0 Å². The molecule has 140 valence electrons. The summed E-state index contributed by atoms with van der Waals surface area (Å²) in [6.45, 7) is 4.67. The maximum absolute atomic E-state index is 6.67. The fraction of sp³-hybridized carbons (Fsp3) is 0.111. The Labute approximate surface area is 179 Å². The molecule has 0 atom stereocenters. The highest BCUT2D eigenvalue weighted by molar-refractivity contribution is 7.26. The minimum absolute atomic E-state index is 0.0648. The first-order valence-electron chi connectivity index (χ1n) is 9.90. The summed E-state index contributed by atoms with van der Waals surface area (Å²) in [5, 5.41) is 3.45. The average Bonchev–Trinajstić information content (AvgIpc) is 3.21. The Morgan fingerprint density at radius 3 is 2.21 bits per heavy atom. The maximum Gasteiger partial charge on any atom is 0.0433 e. The Bertz CT molecular complexity index is 1440. The number of thiophene rings is 1. The van der Waals surface area contributed by atoms with Crippen LogP contribution in [-0.4, -0.2) is 0 Å². The van der Waals surface area contributed by atoms with Crippen molar-refractivity contribution >= 4 is 43.1 Å². The summed E-state index contributed by atoms with van der Waals surface area (Å²) >= 11 is 8.55. The van der Waals surface area contributed by atoms with Crippen LogP contribution in [-0.2, 0) is 5.41 Å². The van der Waals surface area contributed by atoms with Gasteiger partial charge in [-0.2, -0.15) is 0 Å². The van der Waals surface area contributed by atoms with Gasteiger partial charge in [-0.05, 0) is 51.6 Å². The maximum atomic E-state index is 6.67. The van der Waals surface area contributed by atoms with Gasteiger partial charge in [0.1, 0.15) is 0 Å². The van der Waals surface area contributed by atoms with Crippen molar-refractivity contribution < 1.29 is 0 Å². The van der Waals surface area contributed by atoms with E-state index >= 15 is 0 Å². The van der Waals surface area contributed by atoms with Gasteiger partial charge in [-0.1, -0.05) is 86.1 Å². The molecule has 0 saturated carbocycles. The van der Waals surface area contributed by atoms with Crippen LogP contribution in [0.15, 0.2) is 78.9 Å². The second-order valence-corrected chi connectivity index (χ2v) is 9.82. The standard InChI is InChI=1S/C27H19ClS/c1-27(2)23-12-5-3-8-17(23)21-14-16(28)15-22(25(21)27)20-11-7-10-19-18-9-4-6-13-24(18)29-26(19)20/h3-15H,1-2H3. The van der Waals surface area contributed by atoms with Gasteiger partial charge in [-0.15, -0.1) is 11.3 Å². The molecule has 0 aliphatic heterocycles. The predicted octanol–water partition coefficient (Wildman–Crippen LogP) is 8.68. The molecule has 1 aliphatic carbocycles. The Kier molecular flexibility index (Phi) is 3.54. The van der Waals surface area contributed by atoms with Gasteiger partial charge in [0.15, 0.2) is 0 Å². The monoisotopic (exact) mass is 410 g/mol. The molecule has 0 saturated heterocycles. The molecule has 0 bridgehead atoms. The highest BCUT2D eigenvalue weighted by Gasteiger charge is 2.38. The van der Waals surface area contributed by atoms with Gasteiger partial charge in [-0.3, -0.25) is 0 Å². The number of hydrogen-bond donors (Lipinski definition) is 0. The lowest BCUT2D eigenvalue weighted by Crippen LogP contribution is -2.16. The van der Waals surface area contributed by atoms with Crippen LogP contribution in [0.4, 0.5) is 0 Å². The topological polar surface area (TPSA) is 0 Å². The fourth-order valence-electron chi connectivity index (χ4n) is 5.06. The molecule has 0 unspecified atom stereocenters. The van der Waals surface area contributed by atoms with Gasteiger partial charge in [0, 0.05) is 30.6 Å². The lowest BCUT2D eigenvalue weighted by Gasteiger charge is -2.25. The SMILES string of the molecule is CC1(C)c2ccccc2-c2cc(Cl)cc(-c3cccc4c3sc3ccccc34)c21. The summed E-state index contributed by atoms with van der Waals surface area (Å²) < 4.78 is 2.67. The molecule has 0 N–H and O–H groups in total. The van der Waals surface area contributed by atoms with E-state index in [1.807, 2.05) is 11.3 Å². The molecule has 29 heavy (non-hydrogen) atoms. The van der Waals surface area contributed by atoms with Crippen LogP contribution >= 0.6 is 22.9 Å². The van der Waals surface area contributed by atoms with E-state index in [1.165, 1.54) is 53.6 Å². The van der Waals surface area contributed by atoms with Gasteiger partial charge in [0.2, 0.25) is 0 Å². The van der Waals surface area contributed by atoms with Crippen LogP contribution in [0, 0.1) is 0 Å². The van der Waals surface area contributed by atoms with Crippen molar-refractivity contribution in [1.82, 2.24) is 0 Å². The summed E-state index contributed by atoms with van der Waals surface area (Å²) in [4.78, 5) is 0. The van der Waals surface area contributed by atoms with E-state index in [9.17, 15) is 0 Å². The van der Waals surface area contributed by atoms with Crippen LogP contribution in [0.5, 0.6) is 0 Å². The summed E-state index contributed by atoms with van der Waals surface area (Å²) in [7, 11) is 0. The lowest BCUT2D eigenvalue weighted by atomic mass is 9.79. The van der Waals surface area contributed by atoms with Gasteiger partial charge in [0.05, 0.1) is 0 Å². The summed E-state index contributed by atoms with van der Waals surface area (Å²) in [6, 6.07) is 28.4. The molecular formula is C27H19ClS. The third-order valence-electron chi connectivity index (χ3n) is 6.31. The quantitative estimate of drug-likeness (QED) is 0.259. The van der Waals surface area contributed by atoms with E-state index in [1.54, 1.807) is 0 Å². The Morgan fingerprint density at radius 2 is 1.34 bits per heavy atom. The zero-order chi connectivity index (χ0) is 19.8. The molecule has 4 aromatic carbocycles. The van der Waals surface area contributed by atoms with Crippen LogP contribution in [0.2, 0.25) is 5.02 Å². The van der Waals surface area contributed by atoms with Crippen LogP contribution in [0.1, 0.15) is 25.0 Å². The van der Waals surface area contributed by atoms with E-state index < -0.39 is 0 Å². The lowest BCUT2D eigenvalue weighted by molar-refractivity contribution is 0.662. The number of halogens is 1. The zero-order valence-corrected chi connectivity index (χ0v) is 17.9. The van der Waals surface area contributed by atoms with E-state index in [2.05, 4.69) is 92.7 Å². The van der Waals surface area contributed by atoms with Gasteiger partial charge < -0.3 is 0 Å². The fourth-order valence-corrected chi connectivity index (χ4v) is 6.51. The number of hydrogen-bond acceptors (Lipinski definition) is 1. The molecule has 0 nitrogen and oxygen atoms in total. The van der Waals surface area contributed by atoms with Crippen LogP contribution < -0.4 is 0 Å². The summed E-state index contributed by atoms with van der Waals surface area (Å²) in [6.07, 6.45) is 0. The number of fused-ring (bicyclic) bond motifs is 6. The first-order chi connectivity index (χ1) is 14.1. The largest absolute Gasteiger partial charge is 0.135 e. The van der Waals surface area contributed by atoms with Crippen molar-refractivity contribution in [2.24, 2.45) is 0 Å². The van der Waals surface area contributed by atoms with E-state index in [0.717, 1.165) is 5.02 Å². The first-order valence-corrected chi connectivity index (χ1v) is 11.1. The first kappa shape index (κ1) is 17.3. The van der Waals surface area contributed by atoms with Crippen molar-refractivity contribution in [3.63, 3.8) is 0 Å². The van der Waals surface area contributed by atoms with Crippen molar-refractivity contribution in [3.8, 4) is 22.3 Å².